The fraction of sp³-hybridized carbons (Fsp3) is 0.333. The van der Waals surface area contributed by atoms with Crippen molar-refractivity contribution in [1.82, 2.24) is 19.0 Å². The first-order chi connectivity index (χ1) is 16.2. The molecule has 0 saturated carbocycles. The van der Waals surface area contributed by atoms with Crippen LogP contribution in [0.4, 0.5) is 0 Å². The van der Waals surface area contributed by atoms with Gasteiger partial charge in [-0.25, -0.2) is 13.1 Å². The number of nitrogens with zero attached hydrogens (tertiary/aromatic N) is 5. The number of rotatable bonds is 5. The molecule has 176 valence electrons. The number of amides is 1. The number of aromatic nitrogens is 2. The maximum absolute atomic E-state index is 13.4. The van der Waals surface area contributed by atoms with Crippen molar-refractivity contribution in [2.75, 3.05) is 26.2 Å². The van der Waals surface area contributed by atoms with E-state index in [0.717, 1.165) is 0 Å². The lowest BCUT2D eigenvalue weighted by Crippen LogP contribution is -2.51. The number of sulfonamides is 1. The van der Waals surface area contributed by atoms with Crippen molar-refractivity contribution >= 4 is 26.7 Å². The molecule has 0 spiro atoms. The third-order valence-electron chi connectivity index (χ3n) is 5.76. The zero-order valence-corrected chi connectivity index (χ0v) is 19.8. The van der Waals surface area contributed by atoms with E-state index in [9.17, 15) is 23.3 Å². The Kier molecular flexibility index (Phi) is 6.50. The number of fused-ring (bicyclic) bond motifs is 1. The van der Waals surface area contributed by atoms with Crippen molar-refractivity contribution in [2.24, 2.45) is 5.92 Å². The molecule has 2 heterocycles. The number of nitriles is 1. The predicted molar refractivity (Wildman–Crippen MR) is 127 cm³/mol. The normalized spacial score (nSPS) is 14.9. The van der Waals surface area contributed by atoms with E-state index in [4.69, 9.17) is 0 Å². The fourth-order valence-electron chi connectivity index (χ4n) is 4.07. The van der Waals surface area contributed by atoms with E-state index in [2.05, 4.69) is 5.10 Å². The van der Waals surface area contributed by atoms with E-state index in [1.54, 1.807) is 41.3 Å². The molecule has 34 heavy (non-hydrogen) atoms. The molecule has 0 radical (unpaired) electrons. The third-order valence-corrected chi connectivity index (χ3v) is 7.72. The molecule has 10 heteroatoms. The predicted octanol–water partition coefficient (Wildman–Crippen LogP) is 2.07. The summed E-state index contributed by atoms with van der Waals surface area (Å²) in [4.78, 5) is 27.8. The molecule has 1 saturated heterocycles. The quantitative estimate of drug-likeness (QED) is 0.553. The van der Waals surface area contributed by atoms with Crippen molar-refractivity contribution < 1.29 is 13.2 Å². The summed E-state index contributed by atoms with van der Waals surface area (Å²) in [5, 5.41) is 14.6. The van der Waals surface area contributed by atoms with E-state index in [-0.39, 0.29) is 59.7 Å². The van der Waals surface area contributed by atoms with Gasteiger partial charge in [0.15, 0.2) is 5.69 Å². The topological polar surface area (TPSA) is 116 Å². The van der Waals surface area contributed by atoms with Gasteiger partial charge < -0.3 is 4.90 Å². The molecule has 1 aliphatic heterocycles. The SMILES string of the molecule is CC(C)Cn1nc(C(=O)N2CCN(S(=O)(=O)c3ccccc3C#N)CC2)c2ccccc2c1=O. The van der Waals surface area contributed by atoms with Crippen LogP contribution in [0.3, 0.4) is 0 Å². The van der Waals surface area contributed by atoms with Crippen molar-refractivity contribution in [3.05, 3.63) is 70.1 Å². The van der Waals surface area contributed by atoms with Crippen molar-refractivity contribution in [3.8, 4) is 6.07 Å². The van der Waals surface area contributed by atoms with Crippen LogP contribution in [0.5, 0.6) is 0 Å². The average molecular weight is 480 g/mol. The Labute approximate surface area is 197 Å². The molecule has 1 amide bonds. The van der Waals surface area contributed by atoms with Crippen molar-refractivity contribution in [1.29, 1.82) is 5.26 Å². The monoisotopic (exact) mass is 479 g/mol. The minimum atomic E-state index is -3.87. The Morgan fingerprint density at radius 1 is 1.03 bits per heavy atom. The number of hydrogen-bond acceptors (Lipinski definition) is 6. The maximum atomic E-state index is 13.4. The first kappa shape index (κ1) is 23.6. The smallest absolute Gasteiger partial charge is 0.275 e. The van der Waals surface area contributed by atoms with Gasteiger partial charge in [-0.15, -0.1) is 0 Å². The molecular formula is C24H25N5O4S. The van der Waals surface area contributed by atoms with Crippen LogP contribution < -0.4 is 5.56 Å². The van der Waals surface area contributed by atoms with Crippen LogP contribution in [0.2, 0.25) is 0 Å². The van der Waals surface area contributed by atoms with Gasteiger partial charge in [-0.3, -0.25) is 9.59 Å². The van der Waals surface area contributed by atoms with Gasteiger partial charge in [0.1, 0.15) is 6.07 Å². The summed E-state index contributed by atoms with van der Waals surface area (Å²) in [5.41, 5.74) is 0.0268. The second-order valence-electron chi connectivity index (χ2n) is 8.58. The first-order valence-electron chi connectivity index (χ1n) is 11.0. The Bertz CT molecular complexity index is 1450. The summed E-state index contributed by atoms with van der Waals surface area (Å²) in [7, 11) is -3.87. The van der Waals surface area contributed by atoms with E-state index >= 15 is 0 Å². The summed E-state index contributed by atoms with van der Waals surface area (Å²) in [5.74, 6) is -0.178. The molecule has 0 unspecified atom stereocenters. The minimum Gasteiger partial charge on any atom is -0.335 e. The molecule has 2 aromatic carbocycles. The summed E-state index contributed by atoms with van der Waals surface area (Å²) in [6, 6.07) is 14.9. The molecule has 1 aromatic heterocycles. The van der Waals surface area contributed by atoms with Crippen LogP contribution >= 0.6 is 0 Å². The van der Waals surface area contributed by atoms with Gasteiger partial charge in [-0.05, 0) is 24.1 Å². The van der Waals surface area contributed by atoms with Crippen LogP contribution in [-0.2, 0) is 16.6 Å². The van der Waals surface area contributed by atoms with Gasteiger partial charge in [-0.2, -0.15) is 14.7 Å². The molecule has 0 aliphatic carbocycles. The second-order valence-corrected chi connectivity index (χ2v) is 10.5. The highest BCUT2D eigenvalue weighted by molar-refractivity contribution is 7.89. The van der Waals surface area contributed by atoms with Crippen LogP contribution in [0.15, 0.2) is 58.2 Å². The number of carbonyl (C=O) groups excluding carboxylic acids is 1. The van der Waals surface area contributed by atoms with E-state index < -0.39 is 10.0 Å². The van der Waals surface area contributed by atoms with Gasteiger partial charge in [0.05, 0.1) is 15.8 Å². The van der Waals surface area contributed by atoms with Gasteiger partial charge in [0.2, 0.25) is 10.0 Å². The Hall–Kier alpha value is -3.55. The van der Waals surface area contributed by atoms with Gasteiger partial charge in [-0.1, -0.05) is 44.2 Å². The highest BCUT2D eigenvalue weighted by atomic mass is 32.2. The number of piperazine rings is 1. The lowest BCUT2D eigenvalue weighted by atomic mass is 10.1. The molecular weight excluding hydrogens is 454 g/mol. The Morgan fingerprint density at radius 2 is 1.65 bits per heavy atom. The van der Waals surface area contributed by atoms with Gasteiger partial charge in [0, 0.05) is 38.1 Å². The number of carbonyl (C=O) groups is 1. The van der Waals surface area contributed by atoms with Gasteiger partial charge >= 0.3 is 0 Å². The molecule has 0 N–H and O–H groups in total. The summed E-state index contributed by atoms with van der Waals surface area (Å²) >= 11 is 0. The molecule has 0 bridgehead atoms. The standard InChI is InChI=1S/C24H25N5O4S/c1-17(2)16-29-23(30)20-9-5-4-8-19(20)22(26-29)24(31)27-11-13-28(14-12-27)34(32,33)21-10-6-3-7-18(21)15-25/h3-10,17H,11-14,16H2,1-2H3. The lowest BCUT2D eigenvalue weighted by molar-refractivity contribution is 0.0691. The maximum Gasteiger partial charge on any atom is 0.275 e. The summed E-state index contributed by atoms with van der Waals surface area (Å²) < 4.78 is 28.8. The lowest BCUT2D eigenvalue weighted by Gasteiger charge is -2.34. The number of benzene rings is 2. The van der Waals surface area contributed by atoms with Crippen LogP contribution in [-0.4, -0.2) is 59.5 Å². The minimum absolute atomic E-state index is 0.0364. The molecule has 1 fully saturated rings. The van der Waals surface area contributed by atoms with E-state index in [0.29, 0.717) is 17.3 Å². The first-order valence-corrected chi connectivity index (χ1v) is 12.5. The second kappa shape index (κ2) is 9.37. The molecule has 3 aromatic rings. The van der Waals surface area contributed by atoms with Crippen LogP contribution in [0.1, 0.15) is 29.9 Å². The van der Waals surface area contributed by atoms with E-state index in [1.807, 2.05) is 19.9 Å². The fourth-order valence-corrected chi connectivity index (χ4v) is 5.63. The highest BCUT2D eigenvalue weighted by Gasteiger charge is 2.33. The molecule has 4 rings (SSSR count). The molecule has 9 nitrogen and oxygen atoms in total. The Morgan fingerprint density at radius 3 is 2.29 bits per heavy atom. The third kappa shape index (κ3) is 4.32. The molecule has 0 atom stereocenters. The van der Waals surface area contributed by atoms with Crippen LogP contribution in [0, 0.1) is 17.2 Å². The zero-order valence-electron chi connectivity index (χ0n) is 19.0. The van der Waals surface area contributed by atoms with Crippen molar-refractivity contribution in [2.45, 2.75) is 25.3 Å². The summed E-state index contributed by atoms with van der Waals surface area (Å²) in [6.07, 6.45) is 0. The Balaban J connectivity index is 1.60. The number of hydrogen-bond donors (Lipinski definition) is 0. The molecule has 1 aliphatic rings. The zero-order chi connectivity index (χ0) is 24.5. The van der Waals surface area contributed by atoms with Gasteiger partial charge in [0.25, 0.3) is 11.5 Å². The van der Waals surface area contributed by atoms with E-state index in [1.165, 1.54) is 21.1 Å². The van der Waals surface area contributed by atoms with Crippen LogP contribution in [0.25, 0.3) is 10.8 Å². The average Bonchev–Trinajstić information content (AvgIpc) is 2.85. The highest BCUT2D eigenvalue weighted by Crippen LogP contribution is 2.22. The summed E-state index contributed by atoms with van der Waals surface area (Å²) in [6.45, 7) is 4.85. The largest absolute Gasteiger partial charge is 0.335 e. The van der Waals surface area contributed by atoms with Crippen molar-refractivity contribution in [3.63, 3.8) is 0 Å².